The Morgan fingerprint density at radius 2 is 2.33 bits per heavy atom. The monoisotopic (exact) mass is 171 g/mol. The maximum absolute atomic E-state index is 8.73. The second-order valence-corrected chi connectivity index (χ2v) is 3.07. The predicted octanol–water partition coefficient (Wildman–Crippen LogP) is 1.56. The summed E-state index contributed by atoms with van der Waals surface area (Å²) in [5.74, 6) is 0.625. The molecule has 1 atom stereocenters. The van der Waals surface area contributed by atoms with Gasteiger partial charge in [-0.05, 0) is 31.8 Å². The van der Waals surface area contributed by atoms with E-state index in [1.54, 1.807) is 0 Å². The van der Waals surface area contributed by atoms with E-state index >= 15 is 0 Å². The fourth-order valence-electron chi connectivity index (χ4n) is 1.14. The molecule has 0 aliphatic carbocycles. The van der Waals surface area contributed by atoms with Crippen LogP contribution in [0.25, 0.3) is 0 Å². The minimum absolute atomic E-state index is 0.307. The number of nitrogens with one attached hydrogen (secondary N) is 1. The molecule has 0 bridgehead atoms. The van der Waals surface area contributed by atoms with Crippen LogP contribution < -0.4 is 5.32 Å². The lowest BCUT2D eigenvalue weighted by Crippen LogP contribution is -2.23. The summed E-state index contributed by atoms with van der Waals surface area (Å²) >= 11 is 0. The summed E-state index contributed by atoms with van der Waals surface area (Å²) in [4.78, 5) is 0. The quantitative estimate of drug-likeness (QED) is 0.429. The Bertz CT molecular complexity index is 104. The Morgan fingerprint density at radius 3 is 2.83 bits per heavy atom. The van der Waals surface area contributed by atoms with Crippen LogP contribution in [0.4, 0.5) is 0 Å². The molecule has 0 saturated carbocycles. The fourth-order valence-corrected chi connectivity index (χ4v) is 1.14. The van der Waals surface area contributed by atoms with Crippen molar-refractivity contribution in [3.8, 4) is 0 Å². The van der Waals surface area contributed by atoms with Crippen LogP contribution in [0.15, 0.2) is 12.7 Å². The minimum Gasteiger partial charge on any atom is -0.396 e. The lowest BCUT2D eigenvalue weighted by Gasteiger charge is -2.13. The Hall–Kier alpha value is -0.340. The molecular weight excluding hydrogens is 150 g/mol. The number of aliphatic hydroxyl groups excluding tert-OH is 1. The zero-order valence-electron chi connectivity index (χ0n) is 8.05. The van der Waals surface area contributed by atoms with E-state index in [4.69, 9.17) is 5.11 Å². The lowest BCUT2D eigenvalue weighted by atomic mass is 10.0. The van der Waals surface area contributed by atoms with Crippen molar-refractivity contribution in [2.24, 2.45) is 5.92 Å². The minimum atomic E-state index is 0.307. The highest BCUT2D eigenvalue weighted by atomic mass is 16.3. The van der Waals surface area contributed by atoms with Crippen LogP contribution in [0.2, 0.25) is 0 Å². The van der Waals surface area contributed by atoms with E-state index in [1.807, 2.05) is 6.08 Å². The van der Waals surface area contributed by atoms with Gasteiger partial charge < -0.3 is 10.4 Å². The maximum Gasteiger partial charge on any atom is 0.0434 e. The van der Waals surface area contributed by atoms with Crippen LogP contribution >= 0.6 is 0 Å². The van der Waals surface area contributed by atoms with Crippen molar-refractivity contribution in [1.82, 2.24) is 5.32 Å². The normalized spacial score (nSPS) is 12.8. The molecule has 0 aliphatic rings. The van der Waals surface area contributed by atoms with Crippen LogP contribution in [-0.4, -0.2) is 24.8 Å². The third kappa shape index (κ3) is 6.38. The van der Waals surface area contributed by atoms with Gasteiger partial charge in [-0.2, -0.15) is 0 Å². The highest BCUT2D eigenvalue weighted by Crippen LogP contribution is 2.05. The zero-order chi connectivity index (χ0) is 9.23. The number of rotatable bonds is 8. The van der Waals surface area contributed by atoms with Crippen molar-refractivity contribution in [1.29, 1.82) is 0 Å². The first kappa shape index (κ1) is 11.7. The molecule has 0 saturated heterocycles. The van der Waals surface area contributed by atoms with Crippen molar-refractivity contribution < 1.29 is 5.11 Å². The summed E-state index contributed by atoms with van der Waals surface area (Å²) in [5.41, 5.74) is 0. The van der Waals surface area contributed by atoms with E-state index in [2.05, 4.69) is 18.8 Å². The molecule has 12 heavy (non-hydrogen) atoms. The van der Waals surface area contributed by atoms with Gasteiger partial charge in [-0.25, -0.2) is 0 Å². The molecule has 0 radical (unpaired) electrons. The van der Waals surface area contributed by atoms with Crippen LogP contribution in [0.5, 0.6) is 0 Å². The average Bonchev–Trinajstić information content (AvgIpc) is 2.10. The number of hydrogen-bond acceptors (Lipinski definition) is 2. The van der Waals surface area contributed by atoms with E-state index in [0.717, 1.165) is 32.4 Å². The molecule has 0 aromatic carbocycles. The van der Waals surface area contributed by atoms with E-state index < -0.39 is 0 Å². The van der Waals surface area contributed by atoms with E-state index in [-0.39, 0.29) is 0 Å². The van der Waals surface area contributed by atoms with Gasteiger partial charge in [0.1, 0.15) is 0 Å². The van der Waals surface area contributed by atoms with Crippen molar-refractivity contribution in [2.45, 2.75) is 26.2 Å². The van der Waals surface area contributed by atoms with Crippen molar-refractivity contribution in [3.05, 3.63) is 12.7 Å². The van der Waals surface area contributed by atoms with Gasteiger partial charge in [0.25, 0.3) is 0 Å². The molecule has 72 valence electrons. The van der Waals surface area contributed by atoms with Gasteiger partial charge in [0.15, 0.2) is 0 Å². The van der Waals surface area contributed by atoms with E-state index in [1.165, 1.54) is 0 Å². The van der Waals surface area contributed by atoms with Gasteiger partial charge in [0.05, 0.1) is 0 Å². The van der Waals surface area contributed by atoms with Crippen molar-refractivity contribution >= 4 is 0 Å². The summed E-state index contributed by atoms with van der Waals surface area (Å²) in [7, 11) is 0. The van der Waals surface area contributed by atoms with Crippen molar-refractivity contribution in [2.75, 3.05) is 19.7 Å². The zero-order valence-corrected chi connectivity index (χ0v) is 8.05. The largest absolute Gasteiger partial charge is 0.396 e. The number of aliphatic hydroxyl groups is 1. The molecule has 2 N–H and O–H groups in total. The highest BCUT2D eigenvalue weighted by Gasteiger charge is 2.03. The summed E-state index contributed by atoms with van der Waals surface area (Å²) in [6.45, 7) is 8.15. The molecule has 0 aromatic rings. The molecule has 0 fully saturated rings. The van der Waals surface area contributed by atoms with Crippen molar-refractivity contribution in [3.63, 3.8) is 0 Å². The number of hydrogen-bond donors (Lipinski definition) is 2. The van der Waals surface area contributed by atoms with Gasteiger partial charge >= 0.3 is 0 Å². The lowest BCUT2D eigenvalue weighted by molar-refractivity contribution is 0.251. The van der Waals surface area contributed by atoms with E-state index in [0.29, 0.717) is 12.5 Å². The fraction of sp³-hybridized carbons (Fsp3) is 0.800. The molecule has 1 unspecified atom stereocenters. The second kappa shape index (κ2) is 8.75. The maximum atomic E-state index is 8.73. The Balaban J connectivity index is 3.24. The second-order valence-electron chi connectivity index (χ2n) is 3.07. The molecule has 0 aliphatic heterocycles. The van der Waals surface area contributed by atoms with Crippen LogP contribution in [0, 0.1) is 5.92 Å². The van der Waals surface area contributed by atoms with Crippen LogP contribution in [0.1, 0.15) is 26.2 Å². The molecule has 0 rings (SSSR count). The highest BCUT2D eigenvalue weighted by molar-refractivity contribution is 4.68. The Morgan fingerprint density at radius 1 is 1.58 bits per heavy atom. The summed E-state index contributed by atoms with van der Waals surface area (Å²) in [6.07, 6.45) is 4.99. The average molecular weight is 171 g/mol. The summed E-state index contributed by atoms with van der Waals surface area (Å²) in [6, 6.07) is 0. The summed E-state index contributed by atoms with van der Waals surface area (Å²) in [5, 5.41) is 12.1. The van der Waals surface area contributed by atoms with Crippen LogP contribution in [-0.2, 0) is 0 Å². The molecule has 0 amide bonds. The van der Waals surface area contributed by atoms with Gasteiger partial charge in [-0.15, -0.1) is 6.58 Å². The Labute approximate surface area is 75.7 Å². The van der Waals surface area contributed by atoms with Gasteiger partial charge in [-0.1, -0.05) is 19.4 Å². The predicted molar refractivity (Wildman–Crippen MR) is 53.2 cm³/mol. The molecular formula is C10H21NO. The first-order valence-electron chi connectivity index (χ1n) is 4.77. The van der Waals surface area contributed by atoms with Gasteiger partial charge in [-0.3, -0.25) is 0 Å². The third-order valence-corrected chi connectivity index (χ3v) is 2.07. The smallest absolute Gasteiger partial charge is 0.0434 e. The topological polar surface area (TPSA) is 32.3 Å². The van der Waals surface area contributed by atoms with E-state index in [9.17, 15) is 0 Å². The first-order valence-corrected chi connectivity index (χ1v) is 4.77. The molecule has 0 heterocycles. The summed E-state index contributed by atoms with van der Waals surface area (Å²) < 4.78 is 0. The Kier molecular flexibility index (Phi) is 8.51. The molecule has 0 spiro atoms. The van der Waals surface area contributed by atoms with Gasteiger partial charge in [0, 0.05) is 6.61 Å². The molecule has 2 nitrogen and oxygen atoms in total. The third-order valence-electron chi connectivity index (χ3n) is 2.07. The molecule has 0 aromatic heterocycles. The van der Waals surface area contributed by atoms with Gasteiger partial charge in [0.2, 0.25) is 0 Å². The molecule has 2 heteroatoms. The van der Waals surface area contributed by atoms with Crippen LogP contribution in [0.3, 0.4) is 0 Å². The standard InChI is InChI=1S/C10H21NO/c1-3-5-7-11-9-10(4-2)6-8-12/h3,10-12H,1,4-9H2,2H3. The first-order chi connectivity index (χ1) is 5.85. The SMILES string of the molecule is C=CCCNCC(CC)CCO.